The van der Waals surface area contributed by atoms with Gasteiger partial charge in [-0.3, -0.25) is 14.5 Å². The van der Waals surface area contributed by atoms with Gasteiger partial charge in [-0.15, -0.1) is 0 Å². The maximum atomic E-state index is 12.7. The minimum Gasteiger partial charge on any atom is -0.346 e. The Bertz CT molecular complexity index is 972. The van der Waals surface area contributed by atoms with Crippen molar-refractivity contribution in [3.63, 3.8) is 0 Å². The Hall–Kier alpha value is -2.95. The molecular formula is C23H26N4O. The number of hydrogen-bond donors (Lipinski definition) is 1. The first-order valence-electron chi connectivity index (χ1n) is 9.96. The van der Waals surface area contributed by atoms with Gasteiger partial charge in [0, 0.05) is 23.5 Å². The van der Waals surface area contributed by atoms with Gasteiger partial charge in [0.25, 0.3) is 5.91 Å². The summed E-state index contributed by atoms with van der Waals surface area (Å²) in [6.07, 6.45) is 8.44. The Kier molecular flexibility index (Phi) is 5.24. The first-order chi connectivity index (χ1) is 13.6. The zero-order valence-electron chi connectivity index (χ0n) is 16.5. The number of pyridine rings is 1. The van der Waals surface area contributed by atoms with Crippen molar-refractivity contribution in [3.05, 3.63) is 71.2 Å². The average molecular weight is 374 g/mol. The molecule has 0 unspecified atom stereocenters. The van der Waals surface area contributed by atoms with E-state index in [1.165, 1.54) is 12.8 Å². The monoisotopic (exact) mass is 374 g/mol. The first kappa shape index (κ1) is 18.4. The van der Waals surface area contributed by atoms with Crippen molar-refractivity contribution in [2.24, 2.45) is 0 Å². The van der Waals surface area contributed by atoms with Gasteiger partial charge in [0.2, 0.25) is 0 Å². The van der Waals surface area contributed by atoms with Gasteiger partial charge in [0.05, 0.1) is 24.0 Å². The number of nitrogens with zero attached hydrogens (tertiary/aromatic N) is 3. The number of hydrogen-bond acceptors (Lipinski definition) is 3. The van der Waals surface area contributed by atoms with E-state index in [1.54, 1.807) is 0 Å². The third-order valence-electron chi connectivity index (χ3n) is 5.50. The summed E-state index contributed by atoms with van der Waals surface area (Å²) < 4.78 is 2.15. The van der Waals surface area contributed by atoms with Gasteiger partial charge < -0.3 is 5.32 Å². The van der Waals surface area contributed by atoms with Crippen LogP contribution in [0.3, 0.4) is 0 Å². The van der Waals surface area contributed by atoms with E-state index in [4.69, 9.17) is 5.10 Å². The first-order valence-corrected chi connectivity index (χ1v) is 9.96. The van der Waals surface area contributed by atoms with E-state index in [-0.39, 0.29) is 5.91 Å². The predicted molar refractivity (Wildman–Crippen MR) is 110 cm³/mol. The van der Waals surface area contributed by atoms with Gasteiger partial charge in [-0.05, 0) is 56.5 Å². The molecule has 0 radical (unpaired) electrons. The van der Waals surface area contributed by atoms with Crippen molar-refractivity contribution >= 4 is 5.91 Å². The summed E-state index contributed by atoms with van der Waals surface area (Å²) >= 11 is 0. The number of benzene rings is 1. The zero-order valence-corrected chi connectivity index (χ0v) is 16.5. The van der Waals surface area contributed by atoms with E-state index in [0.29, 0.717) is 12.6 Å². The molecule has 0 aliphatic heterocycles. The molecule has 1 fully saturated rings. The van der Waals surface area contributed by atoms with Crippen molar-refractivity contribution in [1.29, 1.82) is 0 Å². The zero-order chi connectivity index (χ0) is 19.5. The van der Waals surface area contributed by atoms with Crippen LogP contribution in [-0.2, 0) is 6.54 Å². The fraction of sp³-hybridized carbons (Fsp3) is 0.348. The molecule has 2 aromatic heterocycles. The summed E-state index contributed by atoms with van der Waals surface area (Å²) in [5.74, 6) is -0.0536. The fourth-order valence-electron chi connectivity index (χ4n) is 3.94. The van der Waals surface area contributed by atoms with Crippen LogP contribution < -0.4 is 5.32 Å². The molecular weight excluding hydrogens is 348 g/mol. The highest BCUT2D eigenvalue weighted by Gasteiger charge is 2.22. The van der Waals surface area contributed by atoms with Gasteiger partial charge in [0.15, 0.2) is 0 Å². The number of amides is 1. The maximum Gasteiger partial charge on any atom is 0.251 e. The van der Waals surface area contributed by atoms with Crippen LogP contribution in [0.25, 0.3) is 11.3 Å². The lowest BCUT2D eigenvalue weighted by atomic mass is 10.1. The van der Waals surface area contributed by atoms with Crippen molar-refractivity contribution < 1.29 is 4.79 Å². The average Bonchev–Trinajstić information content (AvgIpc) is 3.38. The number of carbonyl (C=O) groups excluding carboxylic acids is 1. The van der Waals surface area contributed by atoms with E-state index < -0.39 is 0 Å². The molecule has 5 nitrogen and oxygen atoms in total. The number of rotatable bonds is 5. The minimum absolute atomic E-state index is 0.0536. The molecule has 1 aliphatic rings. The molecule has 1 aromatic carbocycles. The third kappa shape index (κ3) is 3.84. The standard InChI is InChI=1S/C23H26N4O/c1-16-7-8-17(2)21(13-16)23(28)25-15-19-14-22(18-9-11-24-12-10-18)27(26-19)20-5-3-4-6-20/h7-14,20H,3-6,15H2,1-2H3,(H,25,28). The molecule has 1 amide bonds. The Morgan fingerprint density at radius 2 is 1.86 bits per heavy atom. The van der Waals surface area contributed by atoms with Gasteiger partial charge in [0.1, 0.15) is 0 Å². The van der Waals surface area contributed by atoms with E-state index in [9.17, 15) is 4.79 Å². The van der Waals surface area contributed by atoms with Crippen LogP contribution in [0, 0.1) is 13.8 Å². The molecule has 1 aliphatic carbocycles. The molecule has 4 rings (SSSR count). The van der Waals surface area contributed by atoms with Gasteiger partial charge in [-0.2, -0.15) is 5.10 Å². The van der Waals surface area contributed by atoms with Crippen molar-refractivity contribution in [3.8, 4) is 11.3 Å². The van der Waals surface area contributed by atoms with E-state index in [2.05, 4.69) is 21.0 Å². The largest absolute Gasteiger partial charge is 0.346 e. The lowest BCUT2D eigenvalue weighted by Gasteiger charge is -2.14. The van der Waals surface area contributed by atoms with Gasteiger partial charge >= 0.3 is 0 Å². The molecule has 2 heterocycles. The Balaban J connectivity index is 1.56. The summed E-state index contributed by atoms with van der Waals surface area (Å²) in [6.45, 7) is 4.38. The second kappa shape index (κ2) is 7.97. The smallest absolute Gasteiger partial charge is 0.251 e. The molecule has 0 atom stereocenters. The van der Waals surface area contributed by atoms with Crippen molar-refractivity contribution in [2.75, 3.05) is 0 Å². The van der Waals surface area contributed by atoms with Crippen LogP contribution in [0.5, 0.6) is 0 Å². The van der Waals surface area contributed by atoms with Crippen LogP contribution >= 0.6 is 0 Å². The van der Waals surface area contributed by atoms with Gasteiger partial charge in [-0.1, -0.05) is 30.5 Å². The number of carbonyl (C=O) groups is 1. The fourth-order valence-corrected chi connectivity index (χ4v) is 3.94. The van der Waals surface area contributed by atoms with Crippen LogP contribution in [0.4, 0.5) is 0 Å². The normalized spacial score (nSPS) is 14.4. The van der Waals surface area contributed by atoms with Gasteiger partial charge in [-0.25, -0.2) is 0 Å². The number of aryl methyl sites for hydroxylation is 2. The van der Waals surface area contributed by atoms with Crippen LogP contribution in [0.1, 0.15) is 58.9 Å². The highest BCUT2D eigenvalue weighted by atomic mass is 16.1. The van der Waals surface area contributed by atoms with E-state index >= 15 is 0 Å². The molecule has 0 saturated heterocycles. The number of aromatic nitrogens is 3. The highest BCUT2D eigenvalue weighted by Crippen LogP contribution is 2.33. The van der Waals surface area contributed by atoms with Crippen LogP contribution in [0.2, 0.25) is 0 Å². The van der Waals surface area contributed by atoms with Crippen molar-refractivity contribution in [2.45, 2.75) is 52.1 Å². The molecule has 1 N–H and O–H groups in total. The Morgan fingerprint density at radius 1 is 1.11 bits per heavy atom. The summed E-state index contributed by atoms with van der Waals surface area (Å²) in [5.41, 5.74) is 5.90. The lowest BCUT2D eigenvalue weighted by Crippen LogP contribution is -2.24. The minimum atomic E-state index is -0.0536. The highest BCUT2D eigenvalue weighted by molar-refractivity contribution is 5.95. The molecule has 28 heavy (non-hydrogen) atoms. The molecule has 144 valence electrons. The topological polar surface area (TPSA) is 59.8 Å². The lowest BCUT2D eigenvalue weighted by molar-refractivity contribution is 0.0949. The third-order valence-corrected chi connectivity index (χ3v) is 5.50. The molecule has 3 aromatic rings. The predicted octanol–water partition coefficient (Wildman–Crippen LogP) is 4.61. The maximum absolute atomic E-state index is 12.7. The second-order valence-electron chi connectivity index (χ2n) is 7.64. The summed E-state index contributed by atoms with van der Waals surface area (Å²) in [7, 11) is 0. The number of nitrogens with one attached hydrogen (secondary N) is 1. The Labute approximate surface area is 165 Å². The van der Waals surface area contributed by atoms with E-state index in [1.807, 2.05) is 56.6 Å². The van der Waals surface area contributed by atoms with Crippen molar-refractivity contribution in [1.82, 2.24) is 20.1 Å². The molecule has 0 spiro atoms. The van der Waals surface area contributed by atoms with Crippen LogP contribution in [-0.4, -0.2) is 20.7 Å². The quantitative estimate of drug-likeness (QED) is 0.710. The molecule has 1 saturated carbocycles. The SMILES string of the molecule is Cc1ccc(C)c(C(=O)NCc2cc(-c3ccncc3)n(C3CCCC3)n2)c1. The molecule has 0 bridgehead atoms. The molecule has 5 heteroatoms. The Morgan fingerprint density at radius 3 is 2.61 bits per heavy atom. The van der Waals surface area contributed by atoms with Crippen LogP contribution in [0.15, 0.2) is 48.8 Å². The summed E-state index contributed by atoms with van der Waals surface area (Å²) in [4.78, 5) is 16.8. The second-order valence-corrected chi connectivity index (χ2v) is 7.64. The van der Waals surface area contributed by atoms with E-state index in [0.717, 1.165) is 46.5 Å². The summed E-state index contributed by atoms with van der Waals surface area (Å²) in [5, 5.41) is 7.89. The summed E-state index contributed by atoms with van der Waals surface area (Å²) in [6, 6.07) is 12.5.